The van der Waals surface area contributed by atoms with Gasteiger partial charge in [0.15, 0.2) is 11.4 Å². The molecule has 6 rings (SSSR count). The standard InChI is InChI=1S/C26H26FN3O3S/c1-15-6-9-22-28(13-15)26(33)24-25(32)20(31)10-11-29(24)30(22)23-18-8-7-17(27)12-16(18)14-34-21-5-3-2-4-19(21)23/h2-5,7-8,10-12,15,19,21-23,32H,6,9,13-14H2,1H3/t15-,19?,21?,22-,23+/m1/s1. The molecular weight excluding hydrogens is 453 g/mol. The average molecular weight is 480 g/mol. The maximum Gasteiger partial charge on any atom is 0.278 e. The van der Waals surface area contributed by atoms with Gasteiger partial charge in [-0.15, -0.1) is 11.8 Å². The zero-order valence-electron chi connectivity index (χ0n) is 18.8. The van der Waals surface area contributed by atoms with E-state index in [2.05, 4.69) is 24.1 Å². The van der Waals surface area contributed by atoms with Gasteiger partial charge in [0.25, 0.3) is 5.91 Å². The Morgan fingerprint density at radius 1 is 1.12 bits per heavy atom. The number of pyridine rings is 1. The number of carbonyl (C=O) groups excluding carboxylic acids is 1. The molecule has 2 unspecified atom stereocenters. The van der Waals surface area contributed by atoms with Crippen molar-refractivity contribution in [2.24, 2.45) is 11.8 Å². The number of fused-ring (bicyclic) bond motifs is 4. The van der Waals surface area contributed by atoms with Crippen LogP contribution in [0.4, 0.5) is 4.39 Å². The van der Waals surface area contributed by atoms with Gasteiger partial charge in [0.2, 0.25) is 5.43 Å². The number of benzene rings is 1. The smallest absolute Gasteiger partial charge is 0.278 e. The minimum absolute atomic E-state index is 0.00490. The van der Waals surface area contributed by atoms with Gasteiger partial charge in [-0.3, -0.25) is 19.3 Å². The summed E-state index contributed by atoms with van der Waals surface area (Å²) in [5.74, 6) is -0.0394. The number of nitrogens with zero attached hydrogens (tertiary/aromatic N) is 3. The highest BCUT2D eigenvalue weighted by molar-refractivity contribution is 7.99. The van der Waals surface area contributed by atoms with Crippen molar-refractivity contribution in [1.82, 2.24) is 9.58 Å². The second-order valence-electron chi connectivity index (χ2n) is 9.63. The summed E-state index contributed by atoms with van der Waals surface area (Å²) in [6.45, 7) is 2.68. The summed E-state index contributed by atoms with van der Waals surface area (Å²) in [5.41, 5.74) is 1.38. The molecule has 34 heavy (non-hydrogen) atoms. The van der Waals surface area contributed by atoms with Crippen LogP contribution >= 0.6 is 11.8 Å². The quantitative estimate of drug-likeness (QED) is 0.671. The molecule has 0 spiro atoms. The summed E-state index contributed by atoms with van der Waals surface area (Å²) in [7, 11) is 0. The maximum absolute atomic E-state index is 14.3. The molecule has 1 N–H and O–H groups in total. The van der Waals surface area contributed by atoms with E-state index < -0.39 is 11.2 Å². The van der Waals surface area contributed by atoms with Gasteiger partial charge in [-0.05, 0) is 42.0 Å². The minimum Gasteiger partial charge on any atom is -0.502 e. The molecule has 6 nitrogen and oxygen atoms in total. The third-order valence-electron chi connectivity index (χ3n) is 7.49. The van der Waals surface area contributed by atoms with E-state index in [0.717, 1.165) is 24.0 Å². The molecule has 4 heterocycles. The summed E-state index contributed by atoms with van der Waals surface area (Å²) in [6, 6.07) is 6.06. The monoisotopic (exact) mass is 479 g/mol. The van der Waals surface area contributed by atoms with Crippen molar-refractivity contribution in [3.05, 3.63) is 87.6 Å². The molecule has 1 aromatic heterocycles. The molecule has 8 heteroatoms. The van der Waals surface area contributed by atoms with Crippen LogP contribution in [0.15, 0.2) is 59.6 Å². The lowest BCUT2D eigenvalue weighted by Gasteiger charge is -2.54. The molecule has 4 aliphatic rings. The second kappa shape index (κ2) is 8.05. The molecule has 0 radical (unpaired) electrons. The third kappa shape index (κ3) is 3.22. The SMILES string of the molecule is C[C@@H]1CC[C@@H]2N(C1)C(=O)c1c(O)c(=O)ccn1N2[C@H]1c2ccc(F)cc2CSC2C=CC=CC21. The Morgan fingerprint density at radius 3 is 2.79 bits per heavy atom. The Morgan fingerprint density at radius 2 is 1.94 bits per heavy atom. The van der Waals surface area contributed by atoms with E-state index in [1.54, 1.807) is 33.6 Å². The van der Waals surface area contributed by atoms with Crippen molar-refractivity contribution in [3.63, 3.8) is 0 Å². The summed E-state index contributed by atoms with van der Waals surface area (Å²) in [4.78, 5) is 27.7. The van der Waals surface area contributed by atoms with Gasteiger partial charge in [-0.2, -0.15) is 0 Å². The van der Waals surface area contributed by atoms with E-state index in [-0.39, 0.29) is 40.8 Å². The van der Waals surface area contributed by atoms with E-state index in [0.29, 0.717) is 18.2 Å². The van der Waals surface area contributed by atoms with Crippen molar-refractivity contribution >= 4 is 17.7 Å². The summed E-state index contributed by atoms with van der Waals surface area (Å²) < 4.78 is 16.0. The number of rotatable bonds is 1. The summed E-state index contributed by atoms with van der Waals surface area (Å²) >= 11 is 1.78. The highest BCUT2D eigenvalue weighted by atomic mass is 32.2. The van der Waals surface area contributed by atoms with E-state index in [4.69, 9.17) is 0 Å². The van der Waals surface area contributed by atoms with Gasteiger partial charge < -0.3 is 10.0 Å². The molecule has 1 fully saturated rings. The van der Waals surface area contributed by atoms with Crippen molar-refractivity contribution in [2.45, 2.75) is 43.0 Å². The first-order valence-electron chi connectivity index (χ1n) is 11.7. The van der Waals surface area contributed by atoms with E-state index >= 15 is 0 Å². The number of thioether (sulfide) groups is 1. The fraction of sp³-hybridized carbons (Fsp3) is 0.385. The van der Waals surface area contributed by atoms with Crippen LogP contribution in [0.3, 0.4) is 0 Å². The van der Waals surface area contributed by atoms with Crippen LogP contribution in [0.2, 0.25) is 0 Å². The molecule has 2 aromatic rings. The first-order chi connectivity index (χ1) is 16.4. The van der Waals surface area contributed by atoms with Crippen molar-refractivity contribution in [2.75, 3.05) is 11.6 Å². The van der Waals surface area contributed by atoms with Crippen molar-refractivity contribution in [3.8, 4) is 5.75 Å². The first-order valence-corrected chi connectivity index (χ1v) is 12.8. The molecule has 1 aliphatic carbocycles. The van der Waals surface area contributed by atoms with E-state index in [9.17, 15) is 19.1 Å². The van der Waals surface area contributed by atoms with Crippen LogP contribution < -0.4 is 10.4 Å². The highest BCUT2D eigenvalue weighted by Crippen LogP contribution is 2.47. The van der Waals surface area contributed by atoms with Gasteiger partial charge in [-0.25, -0.2) is 4.39 Å². The van der Waals surface area contributed by atoms with Crippen LogP contribution in [0.1, 0.15) is 47.4 Å². The molecule has 1 saturated heterocycles. The predicted molar refractivity (Wildman–Crippen MR) is 130 cm³/mol. The zero-order valence-corrected chi connectivity index (χ0v) is 19.6. The predicted octanol–water partition coefficient (Wildman–Crippen LogP) is 3.94. The van der Waals surface area contributed by atoms with Crippen molar-refractivity contribution < 1.29 is 14.3 Å². The van der Waals surface area contributed by atoms with Crippen LogP contribution in [-0.4, -0.2) is 38.6 Å². The third-order valence-corrected chi connectivity index (χ3v) is 8.82. The molecule has 0 bridgehead atoms. The van der Waals surface area contributed by atoms with Gasteiger partial charge in [0, 0.05) is 35.7 Å². The molecule has 176 valence electrons. The lowest BCUT2D eigenvalue weighted by atomic mass is 9.84. The zero-order chi connectivity index (χ0) is 23.6. The Labute approximate surface area is 201 Å². The number of halogens is 1. The lowest BCUT2D eigenvalue weighted by Crippen LogP contribution is -2.65. The first kappa shape index (κ1) is 21.5. The molecule has 3 aliphatic heterocycles. The van der Waals surface area contributed by atoms with Crippen LogP contribution in [0.25, 0.3) is 0 Å². The molecule has 1 amide bonds. The van der Waals surface area contributed by atoms with Crippen LogP contribution in [0.5, 0.6) is 5.75 Å². The second-order valence-corrected chi connectivity index (χ2v) is 10.8. The lowest BCUT2D eigenvalue weighted by molar-refractivity contribution is 0.0354. The van der Waals surface area contributed by atoms with Gasteiger partial charge in [-0.1, -0.05) is 37.3 Å². The minimum atomic E-state index is -0.569. The van der Waals surface area contributed by atoms with Crippen LogP contribution in [-0.2, 0) is 5.75 Å². The van der Waals surface area contributed by atoms with E-state index in [1.807, 2.05) is 18.2 Å². The number of aromatic hydroxyl groups is 1. The van der Waals surface area contributed by atoms with Crippen LogP contribution in [0, 0.1) is 17.7 Å². The largest absolute Gasteiger partial charge is 0.502 e. The topological polar surface area (TPSA) is 65.8 Å². The normalized spacial score (nSPS) is 29.7. The van der Waals surface area contributed by atoms with Gasteiger partial charge in [0.1, 0.15) is 12.0 Å². The number of piperidine rings is 1. The fourth-order valence-corrected chi connectivity index (χ4v) is 7.18. The summed E-state index contributed by atoms with van der Waals surface area (Å²) in [5, 5.41) is 13.1. The highest BCUT2D eigenvalue weighted by Gasteiger charge is 2.48. The number of carbonyl (C=O) groups is 1. The molecular formula is C26H26FN3O3S. The molecule has 5 atom stereocenters. The number of amides is 1. The summed E-state index contributed by atoms with van der Waals surface area (Å²) in [6.07, 6.45) is 11.6. The average Bonchev–Trinajstić information content (AvgIpc) is 2.98. The number of aromatic nitrogens is 1. The van der Waals surface area contributed by atoms with E-state index in [1.165, 1.54) is 12.1 Å². The number of hydrogen-bond donors (Lipinski definition) is 1. The number of allylic oxidation sites excluding steroid dienone is 2. The van der Waals surface area contributed by atoms with Crippen molar-refractivity contribution in [1.29, 1.82) is 0 Å². The fourth-order valence-electron chi connectivity index (χ4n) is 5.89. The Kier molecular flexibility index (Phi) is 5.09. The number of hydrogen-bond acceptors (Lipinski definition) is 5. The molecule has 0 saturated carbocycles. The van der Waals surface area contributed by atoms with Gasteiger partial charge >= 0.3 is 0 Å². The van der Waals surface area contributed by atoms with Gasteiger partial charge in [0.05, 0.1) is 6.04 Å². The Bertz CT molecular complexity index is 1290. The Hall–Kier alpha value is -3.00. The Balaban J connectivity index is 1.61. The maximum atomic E-state index is 14.3. The molecule has 1 aromatic carbocycles.